The molecule has 3 nitrogen and oxygen atoms in total. The standard InChI is InChI=1S/C6H8ClN3/c1-2-4-3-5(7)9-10-6(4)8/h3H,2H2,1H3,(H2,8,10). The lowest BCUT2D eigenvalue weighted by atomic mass is 10.2. The molecule has 0 bridgehead atoms. The van der Waals surface area contributed by atoms with Gasteiger partial charge in [0.2, 0.25) is 0 Å². The molecule has 0 aliphatic carbocycles. The summed E-state index contributed by atoms with van der Waals surface area (Å²) in [5, 5.41) is 7.62. The van der Waals surface area contributed by atoms with Gasteiger partial charge in [0.1, 0.15) is 5.82 Å². The molecule has 1 aromatic rings. The molecule has 4 heteroatoms. The van der Waals surface area contributed by atoms with Crippen molar-refractivity contribution in [2.24, 2.45) is 0 Å². The second-order valence-corrected chi connectivity index (χ2v) is 2.32. The summed E-state index contributed by atoms with van der Waals surface area (Å²) < 4.78 is 0. The van der Waals surface area contributed by atoms with Crippen LogP contribution in [0.5, 0.6) is 0 Å². The van der Waals surface area contributed by atoms with Gasteiger partial charge < -0.3 is 5.73 Å². The smallest absolute Gasteiger partial charge is 0.152 e. The van der Waals surface area contributed by atoms with Gasteiger partial charge >= 0.3 is 0 Å². The Morgan fingerprint density at radius 2 is 2.30 bits per heavy atom. The summed E-state index contributed by atoms with van der Waals surface area (Å²) >= 11 is 5.57. The zero-order chi connectivity index (χ0) is 7.56. The van der Waals surface area contributed by atoms with E-state index in [0.29, 0.717) is 11.0 Å². The normalized spacial score (nSPS) is 9.80. The second-order valence-electron chi connectivity index (χ2n) is 1.93. The Morgan fingerprint density at radius 3 is 2.80 bits per heavy atom. The molecule has 0 unspecified atom stereocenters. The molecule has 0 saturated heterocycles. The highest BCUT2D eigenvalue weighted by molar-refractivity contribution is 6.29. The molecule has 0 radical (unpaired) electrons. The molecule has 0 atom stereocenters. The van der Waals surface area contributed by atoms with Crippen molar-refractivity contribution in [1.82, 2.24) is 10.2 Å². The summed E-state index contributed by atoms with van der Waals surface area (Å²) in [6, 6.07) is 1.73. The van der Waals surface area contributed by atoms with E-state index in [1.54, 1.807) is 6.07 Å². The molecule has 1 rings (SSSR count). The molecule has 0 spiro atoms. The number of hydrogen-bond donors (Lipinski definition) is 1. The van der Waals surface area contributed by atoms with Crippen molar-refractivity contribution in [3.05, 3.63) is 16.8 Å². The quantitative estimate of drug-likeness (QED) is 0.668. The molecule has 54 valence electrons. The lowest BCUT2D eigenvalue weighted by Crippen LogP contribution is -1.98. The van der Waals surface area contributed by atoms with Crippen LogP contribution >= 0.6 is 11.6 Å². The molecular weight excluding hydrogens is 150 g/mol. The maximum absolute atomic E-state index is 5.57. The number of nitrogens with zero attached hydrogens (tertiary/aromatic N) is 2. The first kappa shape index (κ1) is 7.28. The summed E-state index contributed by atoms with van der Waals surface area (Å²) in [7, 11) is 0. The van der Waals surface area contributed by atoms with E-state index >= 15 is 0 Å². The van der Waals surface area contributed by atoms with Crippen molar-refractivity contribution in [3.63, 3.8) is 0 Å². The van der Waals surface area contributed by atoms with Gasteiger partial charge in [0.25, 0.3) is 0 Å². The van der Waals surface area contributed by atoms with Crippen molar-refractivity contribution in [1.29, 1.82) is 0 Å². The Labute approximate surface area is 64.2 Å². The number of hydrogen-bond acceptors (Lipinski definition) is 3. The number of nitrogen functional groups attached to an aromatic ring is 1. The average molecular weight is 158 g/mol. The van der Waals surface area contributed by atoms with Gasteiger partial charge in [-0.15, -0.1) is 10.2 Å². The predicted octanol–water partition coefficient (Wildman–Crippen LogP) is 1.27. The monoisotopic (exact) mass is 157 g/mol. The zero-order valence-corrected chi connectivity index (χ0v) is 6.39. The van der Waals surface area contributed by atoms with Crippen LogP contribution in [0.4, 0.5) is 5.82 Å². The van der Waals surface area contributed by atoms with Crippen LogP contribution in [0.1, 0.15) is 12.5 Å². The summed E-state index contributed by atoms with van der Waals surface area (Å²) in [5.41, 5.74) is 6.41. The van der Waals surface area contributed by atoms with E-state index in [-0.39, 0.29) is 0 Å². The topological polar surface area (TPSA) is 51.8 Å². The molecule has 10 heavy (non-hydrogen) atoms. The van der Waals surface area contributed by atoms with Crippen molar-refractivity contribution < 1.29 is 0 Å². The minimum Gasteiger partial charge on any atom is -0.382 e. The third kappa shape index (κ3) is 1.36. The first-order valence-corrected chi connectivity index (χ1v) is 3.39. The van der Waals surface area contributed by atoms with Crippen LogP contribution < -0.4 is 5.73 Å². The fraction of sp³-hybridized carbons (Fsp3) is 0.333. The fourth-order valence-electron chi connectivity index (χ4n) is 0.696. The molecule has 0 aliphatic rings. The lowest BCUT2D eigenvalue weighted by Gasteiger charge is -1.98. The van der Waals surface area contributed by atoms with Gasteiger partial charge in [-0.3, -0.25) is 0 Å². The van der Waals surface area contributed by atoms with Crippen LogP contribution in [-0.4, -0.2) is 10.2 Å². The van der Waals surface area contributed by atoms with E-state index in [2.05, 4.69) is 10.2 Å². The Bertz CT molecular complexity index is 236. The van der Waals surface area contributed by atoms with Crippen LogP contribution in [-0.2, 0) is 6.42 Å². The number of anilines is 1. The summed E-state index contributed by atoms with van der Waals surface area (Å²) in [4.78, 5) is 0. The fourth-order valence-corrected chi connectivity index (χ4v) is 0.865. The third-order valence-corrected chi connectivity index (χ3v) is 1.44. The van der Waals surface area contributed by atoms with Gasteiger partial charge in [-0.25, -0.2) is 0 Å². The van der Waals surface area contributed by atoms with Gasteiger partial charge in [-0.1, -0.05) is 18.5 Å². The molecule has 0 saturated carbocycles. The highest BCUT2D eigenvalue weighted by Crippen LogP contribution is 2.11. The van der Waals surface area contributed by atoms with Crippen LogP contribution in [0.15, 0.2) is 6.07 Å². The van der Waals surface area contributed by atoms with E-state index in [1.807, 2.05) is 6.92 Å². The van der Waals surface area contributed by atoms with Crippen molar-refractivity contribution in [3.8, 4) is 0 Å². The summed E-state index contributed by atoms with van der Waals surface area (Å²) in [5.74, 6) is 0.465. The van der Waals surface area contributed by atoms with E-state index in [4.69, 9.17) is 17.3 Å². The highest BCUT2D eigenvalue weighted by Gasteiger charge is 1.98. The Morgan fingerprint density at radius 1 is 1.60 bits per heavy atom. The zero-order valence-electron chi connectivity index (χ0n) is 5.63. The van der Waals surface area contributed by atoms with Crippen LogP contribution in [0.2, 0.25) is 5.15 Å². The van der Waals surface area contributed by atoms with Gasteiger partial charge in [-0.05, 0) is 18.1 Å². The van der Waals surface area contributed by atoms with E-state index in [1.165, 1.54) is 0 Å². The molecule has 0 fully saturated rings. The minimum atomic E-state index is 0.394. The van der Waals surface area contributed by atoms with E-state index < -0.39 is 0 Å². The number of aromatic nitrogens is 2. The van der Waals surface area contributed by atoms with Gasteiger partial charge in [0, 0.05) is 0 Å². The maximum Gasteiger partial charge on any atom is 0.152 e. The Balaban J connectivity index is 3.09. The number of halogens is 1. The predicted molar refractivity (Wildman–Crippen MR) is 40.8 cm³/mol. The van der Waals surface area contributed by atoms with Crippen LogP contribution in [0, 0.1) is 0 Å². The SMILES string of the molecule is CCc1cc(Cl)nnc1N. The van der Waals surface area contributed by atoms with Crippen molar-refractivity contribution >= 4 is 17.4 Å². The molecule has 0 aromatic carbocycles. The Kier molecular flexibility index (Phi) is 2.06. The van der Waals surface area contributed by atoms with Gasteiger partial charge in [0.05, 0.1) is 0 Å². The highest BCUT2D eigenvalue weighted by atomic mass is 35.5. The van der Waals surface area contributed by atoms with Crippen LogP contribution in [0.3, 0.4) is 0 Å². The van der Waals surface area contributed by atoms with Gasteiger partial charge in [0.15, 0.2) is 5.15 Å². The molecule has 0 aliphatic heterocycles. The summed E-state index contributed by atoms with van der Waals surface area (Å²) in [6.07, 6.45) is 0.834. The molecule has 2 N–H and O–H groups in total. The molecule has 1 heterocycles. The van der Waals surface area contributed by atoms with Crippen LogP contribution in [0.25, 0.3) is 0 Å². The molecule has 0 amide bonds. The van der Waals surface area contributed by atoms with Crippen molar-refractivity contribution in [2.75, 3.05) is 5.73 Å². The van der Waals surface area contributed by atoms with E-state index in [9.17, 15) is 0 Å². The lowest BCUT2D eigenvalue weighted by molar-refractivity contribution is 0.996. The third-order valence-electron chi connectivity index (χ3n) is 1.26. The minimum absolute atomic E-state index is 0.394. The Hall–Kier alpha value is -0.830. The largest absolute Gasteiger partial charge is 0.382 e. The first-order valence-electron chi connectivity index (χ1n) is 3.01. The summed E-state index contributed by atoms with van der Waals surface area (Å²) in [6.45, 7) is 1.99. The van der Waals surface area contributed by atoms with E-state index in [0.717, 1.165) is 12.0 Å². The number of nitrogens with two attached hydrogens (primary N) is 1. The molecular formula is C6H8ClN3. The maximum atomic E-state index is 5.57. The first-order chi connectivity index (χ1) is 4.74. The molecule has 1 aromatic heterocycles. The van der Waals surface area contributed by atoms with Crippen molar-refractivity contribution in [2.45, 2.75) is 13.3 Å². The number of aryl methyl sites for hydroxylation is 1. The van der Waals surface area contributed by atoms with Gasteiger partial charge in [-0.2, -0.15) is 0 Å². The number of rotatable bonds is 1. The average Bonchev–Trinajstić information content (AvgIpc) is 1.94. The second kappa shape index (κ2) is 2.84.